The number of nitrogens with zero attached hydrogens (tertiary/aromatic N) is 3. The van der Waals surface area contributed by atoms with Gasteiger partial charge in [-0.1, -0.05) is 25.3 Å². The van der Waals surface area contributed by atoms with Gasteiger partial charge in [-0.3, -0.25) is 9.59 Å². The summed E-state index contributed by atoms with van der Waals surface area (Å²) in [7, 11) is 0. The maximum absolute atomic E-state index is 12.1. The molecule has 0 aliphatic carbocycles. The molecule has 0 saturated carbocycles. The van der Waals surface area contributed by atoms with Crippen LogP contribution < -0.4 is 0 Å². The Hall–Kier alpha value is -5.31. The Labute approximate surface area is 261 Å². The van der Waals surface area contributed by atoms with Crippen LogP contribution >= 0.6 is 0 Å². The molecule has 0 fully saturated rings. The first-order valence-corrected chi connectivity index (χ1v) is 14.8. The van der Waals surface area contributed by atoms with Crippen LogP contribution in [-0.2, 0) is 33.8 Å². The second kappa shape index (κ2) is 12.4. The van der Waals surface area contributed by atoms with Crippen LogP contribution in [0.1, 0.15) is 71.7 Å². The second-order valence-corrected chi connectivity index (χ2v) is 11.3. The number of H-pyrrole nitrogens is 1. The fourth-order valence-corrected chi connectivity index (χ4v) is 6.27. The molecule has 2 aliphatic rings. The van der Waals surface area contributed by atoms with Crippen LogP contribution in [0, 0.1) is 13.8 Å². The van der Waals surface area contributed by atoms with E-state index in [2.05, 4.69) is 18.1 Å². The van der Waals surface area contributed by atoms with Crippen LogP contribution in [0.25, 0.3) is 44.4 Å². The summed E-state index contributed by atoms with van der Waals surface area (Å²) in [6, 6.07) is 7.71. The van der Waals surface area contributed by atoms with Crippen molar-refractivity contribution >= 4 is 62.6 Å². The second-order valence-electron chi connectivity index (χ2n) is 11.3. The van der Waals surface area contributed by atoms with Crippen molar-refractivity contribution in [2.24, 2.45) is 0 Å². The number of hydrogen-bond acceptors (Lipinski definition) is 5. The van der Waals surface area contributed by atoms with E-state index in [0.29, 0.717) is 16.7 Å². The Bertz CT molecular complexity index is 2040. The number of aliphatic carboxylic acids is 2. The van der Waals surface area contributed by atoms with Gasteiger partial charge in [0.2, 0.25) is 0 Å². The maximum atomic E-state index is 12.1. The van der Waals surface area contributed by atoms with Crippen LogP contribution in [0.15, 0.2) is 49.6 Å². The molecule has 3 N–H and O–H groups in total. The molecule has 2 aliphatic heterocycles. The van der Waals surface area contributed by atoms with Gasteiger partial charge in [0.25, 0.3) is 0 Å². The number of carbonyl (C=O) groups is 3. The van der Waals surface area contributed by atoms with E-state index < -0.39 is 11.9 Å². The Morgan fingerprint density at radius 2 is 1.31 bits per heavy atom. The third-order valence-corrected chi connectivity index (χ3v) is 8.74. The molecule has 0 amide bonds. The van der Waals surface area contributed by atoms with E-state index in [1.54, 1.807) is 12.2 Å². The molecular formula is C36H36N4O5. The first kappa shape index (κ1) is 31.1. The molecule has 3 aromatic heterocycles. The zero-order chi connectivity index (χ0) is 32.6. The highest BCUT2D eigenvalue weighted by Crippen LogP contribution is 2.36. The summed E-state index contributed by atoms with van der Waals surface area (Å²) >= 11 is 0. The average molecular weight is 605 g/mol. The third kappa shape index (κ3) is 5.69. The molecule has 230 valence electrons. The molecule has 0 aromatic carbocycles. The summed E-state index contributed by atoms with van der Waals surface area (Å²) in [5.74, 6) is -1.84. The first-order valence-electron chi connectivity index (χ1n) is 14.8. The van der Waals surface area contributed by atoms with E-state index in [0.717, 1.165) is 78.9 Å². The van der Waals surface area contributed by atoms with Crippen molar-refractivity contribution in [3.63, 3.8) is 0 Å². The Morgan fingerprint density at radius 1 is 0.756 bits per heavy atom. The number of carboxylic acids is 2. The monoisotopic (exact) mass is 604 g/mol. The number of carbonyl (C=O) groups excluding carboxylic acids is 1. The van der Waals surface area contributed by atoms with Crippen LogP contribution in [0.4, 0.5) is 0 Å². The van der Waals surface area contributed by atoms with E-state index in [1.807, 2.05) is 56.5 Å². The van der Waals surface area contributed by atoms with E-state index in [9.17, 15) is 24.6 Å². The number of aromatic nitrogens is 4. The molecule has 9 nitrogen and oxygen atoms in total. The predicted octanol–water partition coefficient (Wildman–Crippen LogP) is 6.87. The number of aromatic amines is 1. The molecule has 0 unspecified atom stereocenters. The van der Waals surface area contributed by atoms with Crippen LogP contribution in [0.3, 0.4) is 0 Å². The molecule has 45 heavy (non-hydrogen) atoms. The van der Waals surface area contributed by atoms with Crippen molar-refractivity contribution < 1.29 is 24.6 Å². The summed E-state index contributed by atoms with van der Waals surface area (Å²) in [5, 5.41) is 19.1. The van der Waals surface area contributed by atoms with Crippen molar-refractivity contribution in [2.75, 3.05) is 0 Å². The highest BCUT2D eigenvalue weighted by Gasteiger charge is 2.21. The average Bonchev–Trinajstić information content (AvgIpc) is 3.63. The summed E-state index contributed by atoms with van der Waals surface area (Å²) in [6.07, 6.45) is 4.71. The molecule has 5 heterocycles. The quantitative estimate of drug-likeness (QED) is 0.215. The van der Waals surface area contributed by atoms with E-state index in [4.69, 9.17) is 9.97 Å². The van der Waals surface area contributed by atoms with Crippen LogP contribution in [-0.4, -0.2) is 48.0 Å². The fourth-order valence-electron chi connectivity index (χ4n) is 6.27. The van der Waals surface area contributed by atoms with Gasteiger partial charge in [-0.15, -0.1) is 0 Å². The first-order chi connectivity index (χ1) is 21.5. The molecule has 3 aromatic rings. The zero-order valence-corrected chi connectivity index (χ0v) is 26.0. The molecule has 5 rings (SSSR count). The normalized spacial score (nSPS) is 12.9. The molecule has 9 heteroatoms. The molecule has 0 spiro atoms. The lowest BCUT2D eigenvalue weighted by Gasteiger charge is -2.04. The lowest BCUT2D eigenvalue weighted by molar-refractivity contribution is -0.138. The minimum absolute atomic E-state index is 0.0251. The summed E-state index contributed by atoms with van der Waals surface area (Å²) in [5.41, 5.74) is 12.7. The van der Waals surface area contributed by atoms with Crippen molar-refractivity contribution in [3.8, 4) is 0 Å². The van der Waals surface area contributed by atoms with Gasteiger partial charge >= 0.3 is 11.9 Å². The number of aldehydes is 1. The molecule has 0 atom stereocenters. The number of carboxylic acid groups (broad SMARTS) is 2. The van der Waals surface area contributed by atoms with Crippen molar-refractivity contribution in [3.05, 3.63) is 94.6 Å². The molecule has 8 bridgehead atoms. The molecule has 0 saturated heterocycles. The summed E-state index contributed by atoms with van der Waals surface area (Å²) in [6.45, 7) is 15.9. The van der Waals surface area contributed by atoms with Crippen molar-refractivity contribution in [2.45, 2.75) is 59.9 Å². The number of fused-ring (bicyclic) bond motifs is 8. The number of hydrogen-bond donors (Lipinski definition) is 3. The van der Waals surface area contributed by atoms with Crippen molar-refractivity contribution in [1.82, 2.24) is 19.5 Å². The predicted molar refractivity (Wildman–Crippen MR) is 177 cm³/mol. The minimum Gasteiger partial charge on any atom is -0.481 e. The zero-order valence-electron chi connectivity index (χ0n) is 26.0. The largest absolute Gasteiger partial charge is 0.481 e. The number of allylic oxidation sites excluding steroid dienone is 6. The van der Waals surface area contributed by atoms with Gasteiger partial charge in [-0.25, -0.2) is 9.97 Å². The van der Waals surface area contributed by atoms with Gasteiger partial charge < -0.3 is 24.6 Å². The highest BCUT2D eigenvalue weighted by atomic mass is 16.4. The lowest BCUT2D eigenvalue weighted by atomic mass is 10.0. The molecular weight excluding hydrogens is 568 g/mol. The van der Waals surface area contributed by atoms with Crippen LogP contribution in [0.5, 0.6) is 0 Å². The van der Waals surface area contributed by atoms with Crippen LogP contribution in [0.2, 0.25) is 0 Å². The SMILES string of the molecule is C=CC1=C(C)c2cc3[nH]c(cc4c(CCC(=O)O)c(C)c(cc5nc(cc1n2)C(C)=C5C=C)n4CC=O)c(CCC(=O)O)c3C. The smallest absolute Gasteiger partial charge is 0.303 e. The summed E-state index contributed by atoms with van der Waals surface area (Å²) < 4.78 is 1.87. The maximum Gasteiger partial charge on any atom is 0.303 e. The summed E-state index contributed by atoms with van der Waals surface area (Å²) in [4.78, 5) is 48.8. The standard InChI is InChI=1S/C36H36N4O5/c1-7-23-19(3)27-15-28-21(5)25(9-11-35(42)43)32(39-28)18-34-26(10-12-36(44)45)22(6)33(40(34)13-14-41)17-31-24(8-2)20(4)29(38-31)16-30(23)37-27/h7-8,14-18,39H,1-2,9-13H2,3-6H3,(H,42,43)(H,44,45). The number of aryl methyl sites for hydroxylation is 4. The fraction of sp³-hybridized carbons (Fsp3) is 0.250. The van der Waals surface area contributed by atoms with Crippen molar-refractivity contribution in [1.29, 1.82) is 0 Å². The Balaban J connectivity index is 2.04. The Morgan fingerprint density at radius 3 is 1.87 bits per heavy atom. The lowest BCUT2D eigenvalue weighted by Crippen LogP contribution is -2.01. The van der Waals surface area contributed by atoms with E-state index in [-0.39, 0.29) is 32.2 Å². The van der Waals surface area contributed by atoms with Gasteiger partial charge in [0.15, 0.2) is 0 Å². The van der Waals surface area contributed by atoms with Gasteiger partial charge in [0, 0.05) is 46.1 Å². The van der Waals surface area contributed by atoms with Gasteiger partial charge in [0.1, 0.15) is 6.29 Å². The van der Waals surface area contributed by atoms with Gasteiger partial charge in [-0.05, 0) is 98.2 Å². The van der Waals surface area contributed by atoms with Gasteiger partial charge in [0.05, 0.1) is 29.3 Å². The van der Waals surface area contributed by atoms with Gasteiger partial charge in [-0.2, -0.15) is 0 Å². The highest BCUT2D eigenvalue weighted by molar-refractivity contribution is 5.99. The van der Waals surface area contributed by atoms with E-state index >= 15 is 0 Å². The van der Waals surface area contributed by atoms with E-state index in [1.165, 1.54) is 0 Å². The Kier molecular flexibility index (Phi) is 8.55. The minimum atomic E-state index is -0.930. The number of nitrogens with one attached hydrogen (secondary N) is 1. The third-order valence-electron chi connectivity index (χ3n) is 8.74. The number of rotatable bonds is 10. The molecule has 0 radical (unpaired) electrons. The topological polar surface area (TPSA) is 138 Å².